The van der Waals surface area contributed by atoms with Gasteiger partial charge in [-0.05, 0) is 40.2 Å². The summed E-state index contributed by atoms with van der Waals surface area (Å²) in [4.78, 5) is 4.47. The van der Waals surface area contributed by atoms with Crippen molar-refractivity contribution in [2.24, 2.45) is 0 Å². The Morgan fingerprint density at radius 1 is 1.23 bits per heavy atom. The molecule has 146 valence electrons. The summed E-state index contributed by atoms with van der Waals surface area (Å²) in [5.41, 5.74) is 1.11. The van der Waals surface area contributed by atoms with Crippen LogP contribution in [0, 0.1) is 0 Å². The zero-order valence-electron chi connectivity index (χ0n) is 16.7. The molecule has 1 aromatic heterocycles. The molecule has 0 saturated carbocycles. The number of aliphatic hydroxyl groups excluding tert-OH is 1. The Morgan fingerprint density at radius 2 is 1.92 bits per heavy atom. The van der Waals surface area contributed by atoms with Crippen molar-refractivity contribution >= 4 is 12.6 Å². The first-order valence-electron chi connectivity index (χ1n) is 9.52. The minimum absolute atomic E-state index is 0.354. The highest BCUT2D eigenvalue weighted by Gasteiger charge is 2.51. The Kier molecular flexibility index (Phi) is 7.61. The molecule has 1 aliphatic heterocycles. The van der Waals surface area contributed by atoms with Crippen LogP contribution in [0.1, 0.15) is 53.2 Å². The maximum atomic E-state index is 9.87. The minimum atomic E-state index is -0.504. The molecule has 1 aromatic rings. The highest BCUT2D eigenvalue weighted by Crippen LogP contribution is 2.36. The molecule has 0 spiro atoms. The average Bonchev–Trinajstić information content (AvgIpc) is 2.80. The molecule has 2 N–H and O–H groups in total. The van der Waals surface area contributed by atoms with E-state index in [1.165, 1.54) is 0 Å². The monoisotopic (exact) mass is 364 g/mol. The quantitative estimate of drug-likeness (QED) is 0.486. The Hall–Kier alpha value is -0.985. The molecule has 0 aliphatic carbocycles. The summed E-state index contributed by atoms with van der Waals surface area (Å²) in [5.74, 6) is 0. The Labute approximate surface area is 157 Å². The molecule has 1 saturated heterocycles. The number of pyridine rings is 1. The molecule has 0 amide bonds. The van der Waals surface area contributed by atoms with E-state index in [1.807, 2.05) is 39.8 Å². The second kappa shape index (κ2) is 9.28. The summed E-state index contributed by atoms with van der Waals surface area (Å²) in [6, 6.07) is 3.94. The Bertz CT molecular complexity index is 535. The highest BCUT2D eigenvalue weighted by molar-refractivity contribution is 6.62. The summed E-state index contributed by atoms with van der Waals surface area (Å²) in [5, 5.41) is 13.1. The van der Waals surface area contributed by atoms with Crippen LogP contribution in [0.15, 0.2) is 18.3 Å². The topological polar surface area (TPSA) is 72.8 Å². The lowest BCUT2D eigenvalue weighted by atomic mass is 9.80. The van der Waals surface area contributed by atoms with E-state index in [0.717, 1.165) is 24.0 Å². The molecule has 7 heteroatoms. The van der Waals surface area contributed by atoms with Crippen LogP contribution in [-0.2, 0) is 20.6 Å². The number of hydrogen-bond acceptors (Lipinski definition) is 6. The first-order valence-corrected chi connectivity index (χ1v) is 9.52. The van der Waals surface area contributed by atoms with Crippen LogP contribution in [0.5, 0.6) is 0 Å². The van der Waals surface area contributed by atoms with Crippen LogP contribution < -0.4 is 10.8 Å². The summed E-state index contributed by atoms with van der Waals surface area (Å²) < 4.78 is 17.5. The van der Waals surface area contributed by atoms with Crippen LogP contribution in [0.4, 0.5) is 0 Å². The predicted octanol–water partition coefficient (Wildman–Crippen LogP) is 1.65. The third kappa shape index (κ3) is 5.76. The number of hydrogen-bond donors (Lipinski definition) is 2. The molecule has 26 heavy (non-hydrogen) atoms. The fraction of sp³-hybridized carbons (Fsp3) is 0.737. The van der Waals surface area contributed by atoms with E-state index < -0.39 is 13.2 Å². The zero-order valence-corrected chi connectivity index (χ0v) is 16.7. The predicted molar refractivity (Wildman–Crippen MR) is 103 cm³/mol. The average molecular weight is 364 g/mol. The third-order valence-electron chi connectivity index (χ3n) is 5.01. The molecular weight excluding hydrogens is 331 g/mol. The smallest absolute Gasteiger partial charge is 0.399 e. The first-order chi connectivity index (χ1) is 12.2. The van der Waals surface area contributed by atoms with Crippen molar-refractivity contribution in [3.05, 3.63) is 24.0 Å². The van der Waals surface area contributed by atoms with E-state index in [9.17, 15) is 5.11 Å². The number of aliphatic hydroxyl groups is 1. The number of aromatic nitrogens is 1. The molecule has 0 aromatic carbocycles. The summed E-state index contributed by atoms with van der Waals surface area (Å²) in [6.07, 6.45) is 3.42. The molecule has 0 radical (unpaired) electrons. The number of nitrogens with one attached hydrogen (secondary N) is 1. The second-order valence-corrected chi connectivity index (χ2v) is 7.88. The molecule has 2 rings (SSSR count). The van der Waals surface area contributed by atoms with E-state index >= 15 is 0 Å². The van der Waals surface area contributed by atoms with E-state index in [2.05, 4.69) is 17.2 Å². The Balaban J connectivity index is 1.75. The van der Waals surface area contributed by atoms with Gasteiger partial charge in [-0.1, -0.05) is 19.4 Å². The molecule has 1 unspecified atom stereocenters. The normalized spacial score (nSPS) is 19.7. The Morgan fingerprint density at radius 3 is 2.50 bits per heavy atom. The van der Waals surface area contributed by atoms with Crippen molar-refractivity contribution in [3.63, 3.8) is 0 Å². The molecule has 2 heterocycles. The van der Waals surface area contributed by atoms with Crippen molar-refractivity contribution in [2.45, 2.75) is 71.3 Å². The van der Waals surface area contributed by atoms with Crippen LogP contribution in [0.3, 0.4) is 0 Å². The molecule has 1 atom stereocenters. The van der Waals surface area contributed by atoms with Crippen LogP contribution in [-0.4, -0.2) is 54.3 Å². The van der Waals surface area contributed by atoms with Crippen molar-refractivity contribution in [2.75, 3.05) is 19.8 Å². The highest BCUT2D eigenvalue weighted by atomic mass is 16.7. The molecular formula is C19H33BN2O4. The third-order valence-corrected chi connectivity index (χ3v) is 5.01. The van der Waals surface area contributed by atoms with Gasteiger partial charge in [0.2, 0.25) is 0 Å². The van der Waals surface area contributed by atoms with Gasteiger partial charge in [-0.3, -0.25) is 4.98 Å². The number of nitrogens with zero attached hydrogens (tertiary/aromatic N) is 1. The summed E-state index contributed by atoms with van der Waals surface area (Å²) in [7, 11) is -0.392. The van der Waals surface area contributed by atoms with Gasteiger partial charge in [0.15, 0.2) is 0 Å². The van der Waals surface area contributed by atoms with Gasteiger partial charge in [0.05, 0.1) is 29.6 Å². The first kappa shape index (κ1) is 21.3. The SMILES string of the molecule is CCCCOCC(O)CNCc1ccc(B2OC(C)(C)C(C)(C)O2)cn1. The largest absolute Gasteiger partial charge is 0.496 e. The second-order valence-electron chi connectivity index (χ2n) is 7.88. The van der Waals surface area contributed by atoms with Gasteiger partial charge in [-0.2, -0.15) is 0 Å². The maximum absolute atomic E-state index is 9.87. The zero-order chi connectivity index (χ0) is 19.2. The van der Waals surface area contributed by atoms with Gasteiger partial charge < -0.3 is 24.5 Å². The van der Waals surface area contributed by atoms with Crippen LogP contribution in [0.25, 0.3) is 0 Å². The van der Waals surface area contributed by atoms with Gasteiger partial charge >= 0.3 is 7.12 Å². The lowest BCUT2D eigenvalue weighted by Crippen LogP contribution is -2.41. The number of unbranched alkanes of at least 4 members (excludes halogenated alkanes) is 1. The van der Waals surface area contributed by atoms with Gasteiger partial charge in [-0.15, -0.1) is 0 Å². The van der Waals surface area contributed by atoms with Gasteiger partial charge in [0, 0.05) is 31.4 Å². The van der Waals surface area contributed by atoms with Crippen LogP contribution >= 0.6 is 0 Å². The van der Waals surface area contributed by atoms with E-state index in [-0.39, 0.29) is 11.2 Å². The molecule has 6 nitrogen and oxygen atoms in total. The van der Waals surface area contributed by atoms with Gasteiger partial charge in [0.25, 0.3) is 0 Å². The summed E-state index contributed by atoms with van der Waals surface area (Å²) in [6.45, 7) is 12.4. The van der Waals surface area contributed by atoms with Crippen molar-refractivity contribution in [1.82, 2.24) is 10.3 Å². The molecule has 0 bridgehead atoms. The van der Waals surface area contributed by atoms with E-state index in [1.54, 1.807) is 6.20 Å². The van der Waals surface area contributed by atoms with E-state index in [4.69, 9.17) is 14.0 Å². The van der Waals surface area contributed by atoms with Crippen molar-refractivity contribution in [1.29, 1.82) is 0 Å². The fourth-order valence-electron chi connectivity index (χ4n) is 2.55. The number of rotatable bonds is 10. The van der Waals surface area contributed by atoms with E-state index in [0.29, 0.717) is 26.3 Å². The fourth-order valence-corrected chi connectivity index (χ4v) is 2.55. The molecule has 1 aliphatic rings. The maximum Gasteiger partial charge on any atom is 0.496 e. The van der Waals surface area contributed by atoms with Crippen LogP contribution in [0.2, 0.25) is 0 Å². The van der Waals surface area contributed by atoms with Crippen molar-refractivity contribution < 1.29 is 19.2 Å². The molecule has 1 fully saturated rings. The minimum Gasteiger partial charge on any atom is -0.399 e. The summed E-state index contributed by atoms with van der Waals surface area (Å²) >= 11 is 0. The van der Waals surface area contributed by atoms with Crippen molar-refractivity contribution in [3.8, 4) is 0 Å². The van der Waals surface area contributed by atoms with Gasteiger partial charge in [-0.25, -0.2) is 0 Å². The number of ether oxygens (including phenoxy) is 1. The lowest BCUT2D eigenvalue weighted by Gasteiger charge is -2.32. The van der Waals surface area contributed by atoms with Gasteiger partial charge in [0.1, 0.15) is 0 Å². The standard InChI is InChI=1S/C19H33BN2O4/c1-6-7-10-24-14-17(23)13-21-12-16-9-8-15(11-22-16)20-25-18(2,3)19(4,5)26-20/h8-9,11,17,21,23H,6-7,10,12-14H2,1-5H3. The lowest BCUT2D eigenvalue weighted by molar-refractivity contribution is 0.00578.